The van der Waals surface area contributed by atoms with Crippen LogP contribution in [-0.2, 0) is 0 Å². The van der Waals surface area contributed by atoms with Crippen LogP contribution < -0.4 is 5.73 Å². The van der Waals surface area contributed by atoms with Crippen molar-refractivity contribution in [2.24, 2.45) is 0 Å². The van der Waals surface area contributed by atoms with Gasteiger partial charge in [0, 0.05) is 11.7 Å². The molecule has 0 aliphatic rings. The molecule has 0 amide bonds. The highest BCUT2D eigenvalue weighted by atomic mass is 14.9. The van der Waals surface area contributed by atoms with Crippen molar-refractivity contribution in [1.29, 1.82) is 0 Å². The normalized spacial score (nSPS) is 11.1. The highest BCUT2D eigenvalue weighted by molar-refractivity contribution is 5.35. The molecule has 1 aromatic rings. The first-order valence-electron chi connectivity index (χ1n) is 3.18. The SMILES string of the molecule is [2H]c1nc(C)nc(N)c1C. The zero-order valence-corrected chi connectivity index (χ0v) is 5.47. The number of aryl methyl sites for hydroxylation is 1. The van der Waals surface area contributed by atoms with Crippen LogP contribution in [0, 0.1) is 13.8 Å². The number of nitrogens with zero attached hydrogens (tertiary/aromatic N) is 2. The van der Waals surface area contributed by atoms with Gasteiger partial charge in [0.2, 0.25) is 0 Å². The largest absolute Gasteiger partial charge is 0.383 e. The molecule has 0 aromatic carbocycles. The summed E-state index contributed by atoms with van der Waals surface area (Å²) in [7, 11) is 0. The molecular formula is C6H9N3. The van der Waals surface area contributed by atoms with E-state index in [-0.39, 0.29) is 6.17 Å². The van der Waals surface area contributed by atoms with Crippen LogP contribution in [0.2, 0.25) is 0 Å². The number of nitrogens with two attached hydrogens (primary N) is 1. The molecule has 1 aromatic heterocycles. The van der Waals surface area contributed by atoms with E-state index in [0.717, 1.165) is 0 Å². The van der Waals surface area contributed by atoms with Crippen molar-refractivity contribution < 1.29 is 1.37 Å². The number of nitrogen functional groups attached to an aromatic ring is 1. The number of hydrogen-bond acceptors (Lipinski definition) is 3. The molecule has 0 spiro atoms. The highest BCUT2D eigenvalue weighted by Crippen LogP contribution is 2.02. The minimum Gasteiger partial charge on any atom is -0.383 e. The second-order valence-electron chi connectivity index (χ2n) is 1.89. The Bertz CT molecular complexity index is 236. The molecule has 0 fully saturated rings. The molecule has 0 radical (unpaired) electrons. The van der Waals surface area contributed by atoms with Gasteiger partial charge in [-0.2, -0.15) is 0 Å². The summed E-state index contributed by atoms with van der Waals surface area (Å²) in [5.74, 6) is 0.950. The monoisotopic (exact) mass is 124 g/mol. The summed E-state index contributed by atoms with van der Waals surface area (Å²) >= 11 is 0. The lowest BCUT2D eigenvalue weighted by Gasteiger charge is -1.96. The summed E-state index contributed by atoms with van der Waals surface area (Å²) in [5.41, 5.74) is 6.09. The molecule has 48 valence electrons. The molecule has 0 saturated carbocycles. The summed E-state index contributed by atoms with van der Waals surface area (Å²) in [6.07, 6.45) is 0.213. The lowest BCUT2D eigenvalue weighted by molar-refractivity contribution is 1.04. The van der Waals surface area contributed by atoms with Crippen LogP contribution in [-0.4, -0.2) is 9.97 Å². The van der Waals surface area contributed by atoms with E-state index in [4.69, 9.17) is 7.10 Å². The minimum atomic E-state index is 0.213. The van der Waals surface area contributed by atoms with Crippen LogP contribution in [0.3, 0.4) is 0 Å². The van der Waals surface area contributed by atoms with Crippen LogP contribution in [0.5, 0.6) is 0 Å². The Labute approximate surface area is 55.3 Å². The standard InChI is InChI=1S/C6H9N3/c1-4-3-8-5(2)9-6(4)7/h3H,1-2H3,(H2,7,8,9)/i3D. The molecule has 1 rings (SSSR count). The quantitative estimate of drug-likeness (QED) is 0.553. The highest BCUT2D eigenvalue weighted by Gasteiger charge is 1.92. The molecule has 0 bridgehead atoms. The molecule has 1 heterocycles. The van der Waals surface area contributed by atoms with E-state index in [9.17, 15) is 0 Å². The van der Waals surface area contributed by atoms with E-state index < -0.39 is 0 Å². The van der Waals surface area contributed by atoms with Crippen molar-refractivity contribution in [3.63, 3.8) is 0 Å². The molecular weight excluding hydrogens is 114 g/mol. The van der Waals surface area contributed by atoms with Crippen LogP contribution in [0.1, 0.15) is 12.8 Å². The maximum Gasteiger partial charge on any atom is 0.129 e. The molecule has 0 saturated heterocycles. The van der Waals surface area contributed by atoms with E-state index in [1.165, 1.54) is 0 Å². The Morgan fingerprint density at radius 1 is 1.67 bits per heavy atom. The number of hydrogen-bond donors (Lipinski definition) is 1. The summed E-state index contributed by atoms with van der Waals surface area (Å²) in [6.45, 7) is 3.45. The van der Waals surface area contributed by atoms with Crippen molar-refractivity contribution in [2.45, 2.75) is 13.8 Å². The number of rotatable bonds is 0. The molecule has 3 nitrogen and oxygen atoms in total. The van der Waals surface area contributed by atoms with Gasteiger partial charge in [-0.1, -0.05) is 0 Å². The van der Waals surface area contributed by atoms with Gasteiger partial charge < -0.3 is 5.73 Å². The van der Waals surface area contributed by atoms with Crippen LogP contribution >= 0.6 is 0 Å². The Balaban J connectivity index is 3.31. The summed E-state index contributed by atoms with van der Waals surface area (Å²) in [5, 5.41) is 0. The van der Waals surface area contributed by atoms with Gasteiger partial charge in [0.25, 0.3) is 0 Å². The fraction of sp³-hybridized carbons (Fsp3) is 0.333. The van der Waals surface area contributed by atoms with Gasteiger partial charge in [-0.05, 0) is 13.8 Å². The van der Waals surface area contributed by atoms with Gasteiger partial charge in [-0.25, -0.2) is 9.97 Å². The maximum atomic E-state index is 7.27. The number of anilines is 1. The van der Waals surface area contributed by atoms with Gasteiger partial charge in [0.05, 0.1) is 1.37 Å². The lowest BCUT2D eigenvalue weighted by Crippen LogP contribution is -1.97. The first kappa shape index (κ1) is 4.73. The fourth-order valence-corrected chi connectivity index (χ4v) is 0.505. The number of aromatic nitrogens is 2. The second-order valence-corrected chi connectivity index (χ2v) is 1.89. The molecule has 0 atom stereocenters. The van der Waals surface area contributed by atoms with Crippen LogP contribution in [0.25, 0.3) is 0 Å². The van der Waals surface area contributed by atoms with Crippen molar-refractivity contribution in [2.75, 3.05) is 5.73 Å². The summed E-state index contributed by atoms with van der Waals surface area (Å²) in [4.78, 5) is 7.69. The Morgan fingerprint density at radius 3 is 2.89 bits per heavy atom. The predicted molar refractivity (Wildman–Crippen MR) is 35.9 cm³/mol. The van der Waals surface area contributed by atoms with E-state index in [1.807, 2.05) is 0 Å². The zero-order valence-electron chi connectivity index (χ0n) is 6.47. The second kappa shape index (κ2) is 2.01. The first-order chi connectivity index (χ1) is 4.61. The molecule has 0 aliphatic carbocycles. The molecule has 2 N–H and O–H groups in total. The van der Waals surface area contributed by atoms with Crippen LogP contribution in [0.4, 0.5) is 5.82 Å². The molecule has 0 aliphatic heterocycles. The minimum absolute atomic E-state index is 0.213. The van der Waals surface area contributed by atoms with Gasteiger partial charge in [0.15, 0.2) is 0 Å². The smallest absolute Gasteiger partial charge is 0.129 e. The van der Waals surface area contributed by atoms with Crippen molar-refractivity contribution in [1.82, 2.24) is 9.97 Å². The van der Waals surface area contributed by atoms with Crippen LogP contribution in [0.15, 0.2) is 6.17 Å². The molecule has 3 heteroatoms. The Morgan fingerprint density at radius 2 is 2.33 bits per heavy atom. The maximum absolute atomic E-state index is 7.27. The van der Waals surface area contributed by atoms with Gasteiger partial charge in [0.1, 0.15) is 11.6 Å². The predicted octanol–water partition coefficient (Wildman–Crippen LogP) is 0.676. The van der Waals surface area contributed by atoms with Crippen molar-refractivity contribution >= 4 is 5.82 Å². The summed E-state index contributed by atoms with van der Waals surface area (Å²) < 4.78 is 7.27. The van der Waals surface area contributed by atoms with Crippen molar-refractivity contribution in [3.05, 3.63) is 17.6 Å². The third kappa shape index (κ3) is 1.16. The third-order valence-corrected chi connectivity index (χ3v) is 1.05. The topological polar surface area (TPSA) is 51.8 Å². The Hall–Kier alpha value is -1.12. The Kier molecular flexibility index (Phi) is 1.06. The zero-order chi connectivity index (χ0) is 7.72. The first-order valence-corrected chi connectivity index (χ1v) is 2.68. The van der Waals surface area contributed by atoms with E-state index in [0.29, 0.717) is 17.2 Å². The third-order valence-electron chi connectivity index (χ3n) is 1.05. The van der Waals surface area contributed by atoms with Crippen molar-refractivity contribution in [3.8, 4) is 0 Å². The molecule has 9 heavy (non-hydrogen) atoms. The fourth-order valence-electron chi connectivity index (χ4n) is 0.505. The van der Waals surface area contributed by atoms with Gasteiger partial charge >= 0.3 is 0 Å². The van der Waals surface area contributed by atoms with E-state index in [2.05, 4.69) is 9.97 Å². The van der Waals surface area contributed by atoms with Gasteiger partial charge in [-0.15, -0.1) is 0 Å². The van der Waals surface area contributed by atoms with E-state index >= 15 is 0 Å². The average Bonchev–Trinajstić information content (AvgIpc) is 1.82. The average molecular weight is 124 g/mol. The van der Waals surface area contributed by atoms with Gasteiger partial charge in [-0.3, -0.25) is 0 Å². The van der Waals surface area contributed by atoms with E-state index in [1.54, 1.807) is 13.8 Å². The summed E-state index contributed by atoms with van der Waals surface area (Å²) in [6, 6.07) is 0. The lowest BCUT2D eigenvalue weighted by atomic mass is 10.3. The molecule has 0 unspecified atom stereocenters.